The molecule has 2 rings (SSSR count). The quantitative estimate of drug-likeness (QED) is 0.526. The number of nitrogens with zero attached hydrogens (tertiary/aromatic N) is 1. The zero-order chi connectivity index (χ0) is 13.3. The molecule has 0 aromatic carbocycles. The van der Waals surface area contributed by atoms with Crippen molar-refractivity contribution < 1.29 is 14.3 Å². The fourth-order valence-electron chi connectivity index (χ4n) is 1.65. The van der Waals surface area contributed by atoms with E-state index in [0.29, 0.717) is 11.9 Å². The Morgan fingerprint density at radius 2 is 2.33 bits per heavy atom. The first-order chi connectivity index (χ1) is 8.54. The number of dihydropyridines is 1. The van der Waals surface area contributed by atoms with Gasteiger partial charge in [0.2, 0.25) is 5.91 Å². The molecule has 0 spiro atoms. The van der Waals surface area contributed by atoms with Crippen LogP contribution in [0, 0.1) is 11.3 Å². The molecule has 96 valence electrons. The molecule has 1 saturated carbocycles. The number of halogens is 1. The van der Waals surface area contributed by atoms with Gasteiger partial charge in [-0.2, -0.15) is 0 Å². The molecule has 0 aromatic heterocycles. The molecule has 0 atom stereocenters. The Labute approximate surface area is 104 Å². The highest BCUT2D eigenvalue weighted by Crippen LogP contribution is 2.32. The maximum atomic E-state index is 13.7. The number of likely N-dealkylation sites (N-methyl/N-ethyl adjacent to an activating group) is 1. The van der Waals surface area contributed by atoms with Gasteiger partial charge in [-0.1, -0.05) is 0 Å². The number of hydrogen-bond donors (Lipinski definition) is 3. The second-order valence-electron chi connectivity index (χ2n) is 4.28. The van der Waals surface area contributed by atoms with Crippen LogP contribution < -0.4 is 5.32 Å². The Morgan fingerprint density at radius 3 is 2.83 bits per heavy atom. The number of carbonyl (C=O) groups excluding carboxylic acids is 1. The molecule has 5 nitrogen and oxygen atoms in total. The first-order valence-electron chi connectivity index (χ1n) is 5.60. The lowest BCUT2D eigenvalue weighted by Gasteiger charge is -2.22. The van der Waals surface area contributed by atoms with E-state index in [0.717, 1.165) is 18.9 Å². The van der Waals surface area contributed by atoms with Crippen LogP contribution in [0.1, 0.15) is 12.8 Å². The lowest BCUT2D eigenvalue weighted by atomic mass is 10.2. The second-order valence-corrected chi connectivity index (χ2v) is 4.28. The van der Waals surface area contributed by atoms with E-state index < -0.39 is 11.6 Å². The summed E-state index contributed by atoms with van der Waals surface area (Å²) < 4.78 is 13.7. The van der Waals surface area contributed by atoms with Crippen molar-refractivity contribution in [1.82, 2.24) is 10.2 Å². The Morgan fingerprint density at radius 1 is 1.67 bits per heavy atom. The van der Waals surface area contributed by atoms with Crippen molar-refractivity contribution in [3.8, 4) is 0 Å². The fourth-order valence-corrected chi connectivity index (χ4v) is 1.65. The Kier molecular flexibility index (Phi) is 3.18. The number of aliphatic hydroxyl groups excluding tert-OH is 1. The maximum absolute atomic E-state index is 13.7. The Bertz CT molecular complexity index is 490. The van der Waals surface area contributed by atoms with Gasteiger partial charge in [0, 0.05) is 25.2 Å². The van der Waals surface area contributed by atoms with Crippen LogP contribution in [0.2, 0.25) is 0 Å². The van der Waals surface area contributed by atoms with E-state index in [2.05, 4.69) is 5.32 Å². The van der Waals surface area contributed by atoms with Crippen LogP contribution in [0.4, 0.5) is 4.39 Å². The van der Waals surface area contributed by atoms with E-state index in [1.54, 1.807) is 7.05 Å². The molecule has 0 aromatic rings. The highest BCUT2D eigenvalue weighted by molar-refractivity contribution is 5.83. The van der Waals surface area contributed by atoms with E-state index in [-0.39, 0.29) is 17.5 Å². The fraction of sp³-hybridized carbons (Fsp3) is 0.333. The first-order valence-corrected chi connectivity index (χ1v) is 5.60. The number of aliphatic hydroxyl groups is 1. The zero-order valence-electron chi connectivity index (χ0n) is 9.90. The summed E-state index contributed by atoms with van der Waals surface area (Å²) in [5.74, 6) is -1.17. The van der Waals surface area contributed by atoms with Crippen LogP contribution in [0.25, 0.3) is 0 Å². The van der Waals surface area contributed by atoms with Crippen molar-refractivity contribution in [3.63, 3.8) is 0 Å². The molecular formula is C12H14FN3O2. The molecule has 1 fully saturated rings. The minimum atomic E-state index is -0.705. The number of carbonyl (C=O) groups is 1. The van der Waals surface area contributed by atoms with Crippen LogP contribution in [-0.4, -0.2) is 29.2 Å². The van der Waals surface area contributed by atoms with Gasteiger partial charge in [0.15, 0.2) is 11.6 Å². The largest absolute Gasteiger partial charge is 0.504 e. The number of rotatable bonds is 3. The molecule has 2 aliphatic rings. The molecule has 0 radical (unpaired) electrons. The molecule has 1 aliphatic carbocycles. The van der Waals surface area contributed by atoms with Crippen molar-refractivity contribution in [3.05, 3.63) is 35.3 Å². The van der Waals surface area contributed by atoms with Gasteiger partial charge in [-0.3, -0.25) is 4.79 Å². The average molecular weight is 251 g/mol. The third-order valence-corrected chi connectivity index (χ3v) is 2.92. The SMILES string of the molecule is CN(C(=O)C1CC1)C1=CN/C(=C(/O)C=N)C(F)=C1. The van der Waals surface area contributed by atoms with Crippen molar-refractivity contribution in [2.75, 3.05) is 7.05 Å². The third-order valence-electron chi connectivity index (χ3n) is 2.92. The van der Waals surface area contributed by atoms with Gasteiger partial charge in [-0.15, -0.1) is 0 Å². The molecule has 3 N–H and O–H groups in total. The average Bonchev–Trinajstić information content (AvgIpc) is 3.20. The number of hydrogen-bond acceptors (Lipinski definition) is 4. The van der Waals surface area contributed by atoms with Gasteiger partial charge in [-0.05, 0) is 12.8 Å². The summed E-state index contributed by atoms with van der Waals surface area (Å²) in [6, 6.07) is 0. The second kappa shape index (κ2) is 4.64. The zero-order valence-corrected chi connectivity index (χ0v) is 9.90. The number of allylic oxidation sites excluding steroid dienone is 3. The highest BCUT2D eigenvalue weighted by Gasteiger charge is 2.33. The summed E-state index contributed by atoms with van der Waals surface area (Å²) in [6.07, 6.45) is 5.00. The summed E-state index contributed by atoms with van der Waals surface area (Å²) in [7, 11) is 1.59. The molecule has 6 heteroatoms. The summed E-state index contributed by atoms with van der Waals surface area (Å²) >= 11 is 0. The lowest BCUT2D eigenvalue weighted by molar-refractivity contribution is -0.129. The van der Waals surface area contributed by atoms with Crippen molar-refractivity contribution in [2.45, 2.75) is 12.8 Å². The maximum Gasteiger partial charge on any atom is 0.229 e. The first kappa shape index (κ1) is 12.3. The van der Waals surface area contributed by atoms with Gasteiger partial charge in [0.25, 0.3) is 0 Å². The van der Waals surface area contributed by atoms with Gasteiger partial charge in [-0.25, -0.2) is 4.39 Å². The smallest absolute Gasteiger partial charge is 0.229 e. The molecule has 0 saturated heterocycles. The third kappa shape index (κ3) is 2.27. The molecule has 18 heavy (non-hydrogen) atoms. The van der Waals surface area contributed by atoms with Crippen LogP contribution >= 0.6 is 0 Å². The van der Waals surface area contributed by atoms with Crippen LogP contribution in [-0.2, 0) is 4.79 Å². The number of nitrogens with one attached hydrogen (secondary N) is 2. The normalized spacial score (nSPS) is 21.4. The van der Waals surface area contributed by atoms with E-state index in [9.17, 15) is 14.3 Å². The number of amides is 1. The molecule has 0 bridgehead atoms. The summed E-state index contributed by atoms with van der Waals surface area (Å²) in [6.45, 7) is 0. The standard InChI is InChI=1S/C12H14FN3O2/c1-16(12(18)7-2-3-7)8-4-9(13)11(15-6-8)10(17)5-14/h4-7,14-15,17H,2-3H2,1H3/b11-10+,14-5?. The van der Waals surface area contributed by atoms with Crippen molar-refractivity contribution in [1.29, 1.82) is 5.41 Å². The van der Waals surface area contributed by atoms with Crippen LogP contribution in [0.3, 0.4) is 0 Å². The predicted octanol–water partition coefficient (Wildman–Crippen LogP) is 1.57. The Balaban J connectivity index is 2.16. The van der Waals surface area contributed by atoms with Crippen LogP contribution in [0.15, 0.2) is 35.3 Å². The van der Waals surface area contributed by atoms with Gasteiger partial charge in [0.05, 0.1) is 11.9 Å². The minimum absolute atomic E-state index is 0.0317. The summed E-state index contributed by atoms with van der Waals surface area (Å²) in [5, 5.41) is 18.7. The van der Waals surface area contributed by atoms with E-state index in [4.69, 9.17) is 5.41 Å². The van der Waals surface area contributed by atoms with Crippen molar-refractivity contribution >= 4 is 12.1 Å². The highest BCUT2D eigenvalue weighted by atomic mass is 19.1. The van der Waals surface area contributed by atoms with E-state index in [1.807, 2.05) is 0 Å². The van der Waals surface area contributed by atoms with Gasteiger partial charge >= 0.3 is 0 Å². The van der Waals surface area contributed by atoms with E-state index in [1.165, 1.54) is 11.1 Å². The monoisotopic (exact) mass is 251 g/mol. The molecule has 1 aliphatic heterocycles. The molecule has 1 amide bonds. The van der Waals surface area contributed by atoms with Crippen molar-refractivity contribution in [2.24, 2.45) is 5.92 Å². The van der Waals surface area contributed by atoms with Gasteiger partial charge < -0.3 is 20.7 Å². The summed E-state index contributed by atoms with van der Waals surface area (Å²) in [4.78, 5) is 13.2. The van der Waals surface area contributed by atoms with Gasteiger partial charge in [0.1, 0.15) is 5.70 Å². The minimum Gasteiger partial charge on any atom is -0.504 e. The summed E-state index contributed by atoms with van der Waals surface area (Å²) in [5.41, 5.74) is 0.229. The molecule has 0 unspecified atom stereocenters. The molecule has 1 heterocycles. The molecular weight excluding hydrogens is 237 g/mol. The lowest BCUT2D eigenvalue weighted by Crippen LogP contribution is -2.29. The van der Waals surface area contributed by atoms with E-state index >= 15 is 0 Å². The Hall–Kier alpha value is -2.11. The topological polar surface area (TPSA) is 76.4 Å². The van der Waals surface area contributed by atoms with Crippen LogP contribution in [0.5, 0.6) is 0 Å². The predicted molar refractivity (Wildman–Crippen MR) is 64.3 cm³/mol.